The van der Waals surface area contributed by atoms with Crippen LogP contribution in [0.2, 0.25) is 0 Å². The lowest BCUT2D eigenvalue weighted by molar-refractivity contribution is -0.130. The Balaban J connectivity index is 1.31. The molecule has 1 unspecified atom stereocenters. The number of piperidine rings is 1. The Labute approximate surface area is 166 Å². The summed E-state index contributed by atoms with van der Waals surface area (Å²) in [5.41, 5.74) is 1.19. The normalized spacial score (nSPS) is 24.7. The molecular weight excluding hydrogens is 350 g/mol. The van der Waals surface area contributed by atoms with Crippen LogP contribution in [0.5, 0.6) is 0 Å². The van der Waals surface area contributed by atoms with Gasteiger partial charge in [0, 0.05) is 25.0 Å². The predicted octanol–water partition coefficient (Wildman–Crippen LogP) is 3.34. The second-order valence-corrected chi connectivity index (χ2v) is 8.97. The highest BCUT2D eigenvalue weighted by molar-refractivity contribution is 5.79. The molecule has 3 heterocycles. The molecule has 5 rings (SSSR count). The molecule has 1 aliphatic carbocycles. The average molecular weight is 380 g/mol. The first kappa shape index (κ1) is 17.9. The highest BCUT2D eigenvalue weighted by Gasteiger charge is 2.51. The Morgan fingerprint density at radius 2 is 1.96 bits per heavy atom. The van der Waals surface area contributed by atoms with Gasteiger partial charge in [-0.15, -0.1) is 0 Å². The van der Waals surface area contributed by atoms with E-state index in [0.717, 1.165) is 56.4 Å². The maximum Gasteiger partial charge on any atom is 0.227 e. The molecule has 1 aromatic carbocycles. The molecule has 5 heteroatoms. The molecular formula is C23H29N3O2. The second-order valence-electron chi connectivity index (χ2n) is 8.97. The lowest BCUT2D eigenvalue weighted by atomic mass is 9.70. The van der Waals surface area contributed by atoms with Crippen molar-refractivity contribution in [3.05, 3.63) is 54.2 Å². The summed E-state index contributed by atoms with van der Waals surface area (Å²) in [4.78, 5) is 22.2. The maximum absolute atomic E-state index is 13.0. The zero-order chi connectivity index (χ0) is 19.0. The number of nitrogens with zero attached hydrogens (tertiary/aromatic N) is 3. The third kappa shape index (κ3) is 3.60. The summed E-state index contributed by atoms with van der Waals surface area (Å²) in [6, 6.07) is 10.1. The van der Waals surface area contributed by atoms with Gasteiger partial charge in [0.25, 0.3) is 0 Å². The maximum atomic E-state index is 13.0. The summed E-state index contributed by atoms with van der Waals surface area (Å²) < 4.78 is 5.73. The van der Waals surface area contributed by atoms with Crippen LogP contribution in [0.4, 0.5) is 0 Å². The van der Waals surface area contributed by atoms with Crippen LogP contribution < -0.4 is 0 Å². The van der Waals surface area contributed by atoms with Crippen LogP contribution >= 0.6 is 0 Å². The molecule has 3 fully saturated rings. The van der Waals surface area contributed by atoms with Crippen molar-refractivity contribution in [2.24, 2.45) is 11.3 Å². The van der Waals surface area contributed by atoms with E-state index in [1.54, 1.807) is 12.5 Å². The zero-order valence-electron chi connectivity index (χ0n) is 16.4. The van der Waals surface area contributed by atoms with Crippen LogP contribution in [0.25, 0.3) is 0 Å². The van der Waals surface area contributed by atoms with E-state index in [1.165, 1.54) is 19.4 Å². The first-order valence-corrected chi connectivity index (χ1v) is 10.7. The van der Waals surface area contributed by atoms with E-state index in [4.69, 9.17) is 4.42 Å². The fourth-order valence-electron chi connectivity index (χ4n) is 5.14. The highest BCUT2D eigenvalue weighted by Crippen LogP contribution is 2.49. The van der Waals surface area contributed by atoms with Crippen molar-refractivity contribution in [2.45, 2.75) is 38.0 Å². The Kier molecular flexibility index (Phi) is 4.71. The van der Waals surface area contributed by atoms with Crippen molar-refractivity contribution in [2.75, 3.05) is 32.7 Å². The molecule has 0 radical (unpaired) electrons. The Morgan fingerprint density at radius 1 is 1.18 bits per heavy atom. The fraction of sp³-hybridized carbons (Fsp3) is 0.565. The third-order valence-electron chi connectivity index (χ3n) is 7.01. The van der Waals surface area contributed by atoms with Crippen LogP contribution in [-0.2, 0) is 11.2 Å². The number of likely N-dealkylation sites (tertiary alicyclic amines) is 2. The second kappa shape index (κ2) is 7.36. The monoisotopic (exact) mass is 379 g/mol. The molecule has 0 N–H and O–H groups in total. The topological polar surface area (TPSA) is 49.6 Å². The van der Waals surface area contributed by atoms with Gasteiger partial charge in [0.15, 0.2) is 5.89 Å². The quantitative estimate of drug-likeness (QED) is 0.800. The van der Waals surface area contributed by atoms with Crippen molar-refractivity contribution >= 4 is 5.91 Å². The molecule has 148 valence electrons. The van der Waals surface area contributed by atoms with E-state index in [0.29, 0.717) is 6.42 Å². The van der Waals surface area contributed by atoms with Crippen LogP contribution in [-0.4, -0.2) is 53.4 Å². The van der Waals surface area contributed by atoms with Gasteiger partial charge in [0.1, 0.15) is 6.26 Å². The van der Waals surface area contributed by atoms with Crippen LogP contribution in [0, 0.1) is 11.3 Å². The van der Waals surface area contributed by atoms with Gasteiger partial charge in [-0.3, -0.25) is 4.79 Å². The van der Waals surface area contributed by atoms with Gasteiger partial charge < -0.3 is 14.2 Å². The molecule has 2 saturated heterocycles. The summed E-state index contributed by atoms with van der Waals surface area (Å²) in [5, 5.41) is 0. The van der Waals surface area contributed by atoms with E-state index >= 15 is 0 Å². The summed E-state index contributed by atoms with van der Waals surface area (Å²) in [5.74, 6) is 2.18. The van der Waals surface area contributed by atoms with Crippen molar-refractivity contribution in [1.82, 2.24) is 14.8 Å². The molecule has 0 bridgehead atoms. The van der Waals surface area contributed by atoms with Crippen LogP contribution in [0.3, 0.4) is 0 Å². The molecule has 2 aromatic rings. The van der Waals surface area contributed by atoms with Crippen LogP contribution in [0.1, 0.15) is 43.1 Å². The standard InChI is InChI=1S/C23H29N3O2/c27-21(14-18-4-2-1-3-5-18)26-16-20(22-24-10-13-28-22)23(17-26)8-11-25(12-9-23)15-19-6-7-19/h1-5,10,13,19-20H,6-9,11-12,14-17H2. The molecule has 28 heavy (non-hydrogen) atoms. The zero-order valence-corrected chi connectivity index (χ0v) is 16.4. The first-order valence-electron chi connectivity index (χ1n) is 10.7. The highest BCUT2D eigenvalue weighted by atomic mass is 16.3. The Bertz CT molecular complexity index is 793. The summed E-state index contributed by atoms with van der Waals surface area (Å²) in [6.45, 7) is 5.09. The summed E-state index contributed by atoms with van der Waals surface area (Å²) >= 11 is 0. The number of carbonyl (C=O) groups excluding carboxylic acids is 1. The molecule has 1 amide bonds. The van der Waals surface area contributed by atoms with Gasteiger partial charge in [0.05, 0.1) is 18.5 Å². The number of aromatic nitrogens is 1. The first-order chi connectivity index (χ1) is 13.7. The lowest BCUT2D eigenvalue weighted by Crippen LogP contribution is -2.44. The molecule has 1 spiro atoms. The fourth-order valence-corrected chi connectivity index (χ4v) is 5.14. The Hall–Kier alpha value is -2.14. The minimum atomic E-state index is 0.108. The number of amides is 1. The van der Waals surface area contributed by atoms with Crippen molar-refractivity contribution in [3.8, 4) is 0 Å². The minimum absolute atomic E-state index is 0.108. The minimum Gasteiger partial charge on any atom is -0.449 e. The van der Waals surface area contributed by atoms with E-state index < -0.39 is 0 Å². The summed E-state index contributed by atoms with van der Waals surface area (Å²) in [6.07, 6.45) is 8.94. The molecule has 1 atom stereocenters. The van der Waals surface area contributed by atoms with Gasteiger partial charge in [-0.1, -0.05) is 30.3 Å². The SMILES string of the molecule is O=C(Cc1ccccc1)N1CC(c2ncco2)C2(CCN(CC3CC3)CC2)C1. The number of oxazole rings is 1. The molecule has 2 aliphatic heterocycles. The summed E-state index contributed by atoms with van der Waals surface area (Å²) in [7, 11) is 0. The third-order valence-corrected chi connectivity index (χ3v) is 7.01. The number of hydrogen-bond donors (Lipinski definition) is 0. The number of rotatable bonds is 5. The number of hydrogen-bond acceptors (Lipinski definition) is 4. The lowest BCUT2D eigenvalue weighted by Gasteiger charge is -2.41. The predicted molar refractivity (Wildman–Crippen MR) is 107 cm³/mol. The van der Waals surface area contributed by atoms with Gasteiger partial charge in [-0.25, -0.2) is 4.98 Å². The van der Waals surface area contributed by atoms with Crippen LogP contribution in [0.15, 0.2) is 47.2 Å². The number of benzene rings is 1. The smallest absolute Gasteiger partial charge is 0.227 e. The molecule has 3 aliphatic rings. The molecule has 1 saturated carbocycles. The van der Waals surface area contributed by atoms with E-state index in [2.05, 4.69) is 14.8 Å². The van der Waals surface area contributed by atoms with Gasteiger partial charge >= 0.3 is 0 Å². The van der Waals surface area contributed by atoms with Crippen molar-refractivity contribution < 1.29 is 9.21 Å². The van der Waals surface area contributed by atoms with E-state index in [9.17, 15) is 4.79 Å². The van der Waals surface area contributed by atoms with Gasteiger partial charge in [-0.2, -0.15) is 0 Å². The largest absolute Gasteiger partial charge is 0.449 e. The number of carbonyl (C=O) groups is 1. The molecule has 1 aromatic heterocycles. The van der Waals surface area contributed by atoms with Crippen molar-refractivity contribution in [1.29, 1.82) is 0 Å². The van der Waals surface area contributed by atoms with Gasteiger partial charge in [-0.05, 0) is 50.3 Å². The van der Waals surface area contributed by atoms with Crippen molar-refractivity contribution in [3.63, 3.8) is 0 Å². The average Bonchev–Trinajstić information content (AvgIpc) is 3.23. The van der Waals surface area contributed by atoms with E-state index in [1.807, 2.05) is 30.3 Å². The Morgan fingerprint density at radius 3 is 2.64 bits per heavy atom. The van der Waals surface area contributed by atoms with E-state index in [-0.39, 0.29) is 17.2 Å². The van der Waals surface area contributed by atoms with Gasteiger partial charge in [0.2, 0.25) is 5.91 Å². The molecule has 5 nitrogen and oxygen atoms in total.